The molecule has 0 saturated heterocycles. The summed E-state index contributed by atoms with van der Waals surface area (Å²) >= 11 is 4.88. The maximum Gasteiger partial charge on any atom is 0.138 e. The van der Waals surface area contributed by atoms with E-state index in [-0.39, 0.29) is 0 Å². The van der Waals surface area contributed by atoms with Crippen LogP contribution in [0.4, 0.5) is 0 Å². The van der Waals surface area contributed by atoms with Crippen LogP contribution in [0.5, 0.6) is 5.75 Å². The lowest BCUT2D eigenvalue weighted by molar-refractivity contribution is 0.478. The summed E-state index contributed by atoms with van der Waals surface area (Å²) in [6, 6.07) is 5.76. The quantitative estimate of drug-likeness (QED) is 0.734. The van der Waals surface area contributed by atoms with Crippen LogP contribution in [0.15, 0.2) is 28.1 Å². The number of phenolic OH excluding ortho intramolecular Hbond substituents is 1. The molecule has 0 amide bonds. The molecule has 1 N–H and O–H groups in total. The molecule has 1 heterocycles. The largest absolute Gasteiger partial charge is 0.506 e. The van der Waals surface area contributed by atoms with Gasteiger partial charge in [-0.3, -0.25) is 0 Å². The van der Waals surface area contributed by atoms with Gasteiger partial charge in [-0.15, -0.1) is 11.3 Å². The molecule has 0 saturated carbocycles. The summed E-state index contributed by atoms with van der Waals surface area (Å²) in [7, 11) is 0. The monoisotopic (exact) mass is 228 g/mol. The van der Waals surface area contributed by atoms with E-state index in [2.05, 4.69) is 15.9 Å². The van der Waals surface area contributed by atoms with Crippen LogP contribution in [0.2, 0.25) is 0 Å². The van der Waals surface area contributed by atoms with Crippen molar-refractivity contribution < 1.29 is 5.11 Å². The van der Waals surface area contributed by atoms with Crippen molar-refractivity contribution in [2.24, 2.45) is 0 Å². The summed E-state index contributed by atoms with van der Waals surface area (Å²) in [5, 5.41) is 12.4. The van der Waals surface area contributed by atoms with E-state index in [9.17, 15) is 5.11 Å². The first-order chi connectivity index (χ1) is 5.29. The van der Waals surface area contributed by atoms with Gasteiger partial charge in [-0.1, -0.05) is 0 Å². The lowest BCUT2D eigenvalue weighted by Crippen LogP contribution is -1.68. The molecule has 2 aromatic rings. The number of hydrogen-bond acceptors (Lipinski definition) is 2. The minimum Gasteiger partial charge on any atom is -0.506 e. The van der Waals surface area contributed by atoms with Crippen LogP contribution in [0.1, 0.15) is 0 Å². The predicted molar refractivity (Wildman–Crippen MR) is 51.2 cm³/mol. The zero-order valence-electron chi connectivity index (χ0n) is 5.54. The Morgan fingerprint density at radius 1 is 1.27 bits per heavy atom. The average molecular weight is 229 g/mol. The maximum absolute atomic E-state index is 9.51. The van der Waals surface area contributed by atoms with E-state index in [1.54, 1.807) is 11.3 Å². The molecular weight excluding hydrogens is 224 g/mol. The van der Waals surface area contributed by atoms with Crippen molar-refractivity contribution in [3.8, 4) is 5.75 Å². The van der Waals surface area contributed by atoms with Gasteiger partial charge in [0.2, 0.25) is 0 Å². The standard InChI is InChI=1S/C8H5BrOS/c9-6-1-2-7-5(8(6)10)3-4-11-7/h1-4,10H. The molecule has 0 fully saturated rings. The number of aromatic hydroxyl groups is 1. The molecule has 0 spiro atoms. The SMILES string of the molecule is Oc1c(Br)ccc2sccc12. The summed E-state index contributed by atoms with van der Waals surface area (Å²) in [6.45, 7) is 0. The van der Waals surface area contributed by atoms with Crippen LogP contribution in [0.25, 0.3) is 10.1 Å². The Balaban J connectivity index is 2.93. The van der Waals surface area contributed by atoms with Gasteiger partial charge in [-0.2, -0.15) is 0 Å². The maximum atomic E-state index is 9.51. The molecule has 0 aliphatic heterocycles. The number of hydrogen-bond donors (Lipinski definition) is 1. The van der Waals surface area contributed by atoms with Gasteiger partial charge in [0.25, 0.3) is 0 Å². The molecule has 1 nitrogen and oxygen atoms in total. The molecule has 1 aromatic carbocycles. The second-order valence-corrected chi connectivity index (χ2v) is 4.03. The van der Waals surface area contributed by atoms with E-state index in [4.69, 9.17) is 0 Å². The van der Waals surface area contributed by atoms with Gasteiger partial charge >= 0.3 is 0 Å². The van der Waals surface area contributed by atoms with Crippen LogP contribution in [0.3, 0.4) is 0 Å². The number of thiophene rings is 1. The molecule has 56 valence electrons. The number of rotatable bonds is 0. The summed E-state index contributed by atoms with van der Waals surface area (Å²) in [4.78, 5) is 0. The average Bonchev–Trinajstić information content (AvgIpc) is 2.45. The van der Waals surface area contributed by atoms with Gasteiger partial charge in [-0.25, -0.2) is 0 Å². The topological polar surface area (TPSA) is 20.2 Å². The van der Waals surface area contributed by atoms with Crippen molar-refractivity contribution in [1.29, 1.82) is 0 Å². The first-order valence-corrected chi connectivity index (χ1v) is 4.81. The molecular formula is C8H5BrOS. The Morgan fingerprint density at radius 2 is 2.09 bits per heavy atom. The normalized spacial score (nSPS) is 10.6. The van der Waals surface area contributed by atoms with E-state index >= 15 is 0 Å². The minimum atomic E-state index is 0.337. The molecule has 0 aliphatic rings. The summed E-state index contributed by atoms with van der Waals surface area (Å²) in [5.74, 6) is 0.337. The molecule has 0 unspecified atom stereocenters. The Kier molecular flexibility index (Phi) is 1.62. The Labute approximate surface area is 76.4 Å². The summed E-state index contributed by atoms with van der Waals surface area (Å²) in [5.41, 5.74) is 0. The fourth-order valence-electron chi connectivity index (χ4n) is 1.00. The van der Waals surface area contributed by atoms with E-state index in [0.29, 0.717) is 5.75 Å². The van der Waals surface area contributed by atoms with E-state index < -0.39 is 0 Å². The third-order valence-corrected chi connectivity index (χ3v) is 3.08. The van der Waals surface area contributed by atoms with E-state index in [0.717, 1.165) is 14.6 Å². The number of phenols is 1. The van der Waals surface area contributed by atoms with Gasteiger partial charge in [0.1, 0.15) is 5.75 Å². The zero-order valence-corrected chi connectivity index (χ0v) is 7.95. The van der Waals surface area contributed by atoms with Crippen molar-refractivity contribution >= 4 is 37.4 Å². The predicted octanol–water partition coefficient (Wildman–Crippen LogP) is 3.37. The van der Waals surface area contributed by atoms with Crippen LogP contribution in [0, 0.1) is 0 Å². The molecule has 0 bridgehead atoms. The highest BCUT2D eigenvalue weighted by Gasteiger charge is 2.03. The van der Waals surface area contributed by atoms with Gasteiger partial charge in [-0.05, 0) is 39.5 Å². The molecule has 11 heavy (non-hydrogen) atoms. The molecule has 0 atom stereocenters. The van der Waals surface area contributed by atoms with Gasteiger partial charge in [0, 0.05) is 10.1 Å². The van der Waals surface area contributed by atoms with Gasteiger partial charge in [0.15, 0.2) is 0 Å². The van der Waals surface area contributed by atoms with E-state index in [1.165, 1.54) is 0 Å². The van der Waals surface area contributed by atoms with Crippen LogP contribution < -0.4 is 0 Å². The Hall–Kier alpha value is -0.540. The van der Waals surface area contributed by atoms with Gasteiger partial charge in [0.05, 0.1) is 4.47 Å². The van der Waals surface area contributed by atoms with Crippen molar-refractivity contribution in [2.45, 2.75) is 0 Å². The smallest absolute Gasteiger partial charge is 0.138 e. The zero-order chi connectivity index (χ0) is 7.84. The first-order valence-electron chi connectivity index (χ1n) is 3.14. The molecule has 2 rings (SSSR count). The molecule has 3 heteroatoms. The van der Waals surface area contributed by atoms with Crippen LogP contribution in [-0.2, 0) is 0 Å². The number of benzene rings is 1. The lowest BCUT2D eigenvalue weighted by atomic mass is 10.2. The highest BCUT2D eigenvalue weighted by molar-refractivity contribution is 9.10. The molecule has 1 aromatic heterocycles. The van der Waals surface area contributed by atoms with E-state index in [1.807, 2.05) is 23.6 Å². The first kappa shape index (κ1) is 7.13. The second kappa shape index (κ2) is 2.50. The van der Waals surface area contributed by atoms with Crippen molar-refractivity contribution in [3.05, 3.63) is 28.1 Å². The summed E-state index contributed by atoms with van der Waals surface area (Å²) in [6.07, 6.45) is 0. The fraction of sp³-hybridized carbons (Fsp3) is 0. The highest BCUT2D eigenvalue weighted by atomic mass is 79.9. The second-order valence-electron chi connectivity index (χ2n) is 2.23. The molecule has 0 radical (unpaired) electrons. The van der Waals surface area contributed by atoms with Crippen LogP contribution in [-0.4, -0.2) is 5.11 Å². The number of fused-ring (bicyclic) bond motifs is 1. The number of halogens is 1. The third-order valence-electron chi connectivity index (χ3n) is 1.56. The van der Waals surface area contributed by atoms with Crippen molar-refractivity contribution in [1.82, 2.24) is 0 Å². The van der Waals surface area contributed by atoms with Crippen LogP contribution >= 0.6 is 27.3 Å². The molecule has 0 aliphatic carbocycles. The third kappa shape index (κ3) is 1.04. The Morgan fingerprint density at radius 3 is 2.91 bits per heavy atom. The minimum absolute atomic E-state index is 0.337. The van der Waals surface area contributed by atoms with Gasteiger partial charge < -0.3 is 5.11 Å². The van der Waals surface area contributed by atoms with Crippen molar-refractivity contribution in [2.75, 3.05) is 0 Å². The Bertz CT molecular complexity index is 394. The fourth-order valence-corrected chi connectivity index (χ4v) is 2.14. The summed E-state index contributed by atoms with van der Waals surface area (Å²) < 4.78 is 1.87. The highest BCUT2D eigenvalue weighted by Crippen LogP contribution is 2.34. The van der Waals surface area contributed by atoms with Crippen molar-refractivity contribution in [3.63, 3.8) is 0 Å². The lowest BCUT2D eigenvalue weighted by Gasteiger charge is -1.96.